The van der Waals surface area contributed by atoms with Crippen LogP contribution in [0, 0.1) is 17.6 Å². The van der Waals surface area contributed by atoms with Crippen molar-refractivity contribution >= 4 is 8.32 Å². The summed E-state index contributed by atoms with van der Waals surface area (Å²) < 4.78 is 47.0. The van der Waals surface area contributed by atoms with Crippen LogP contribution in [0.2, 0.25) is 18.1 Å². The molecule has 29 heavy (non-hydrogen) atoms. The zero-order valence-electron chi connectivity index (χ0n) is 18.8. The summed E-state index contributed by atoms with van der Waals surface area (Å²) in [6, 6.07) is 4.21. The summed E-state index contributed by atoms with van der Waals surface area (Å²) in [4.78, 5) is 0. The van der Waals surface area contributed by atoms with Crippen LogP contribution in [-0.2, 0) is 13.9 Å². The number of benzene rings is 1. The average molecular weight is 428 g/mol. The van der Waals surface area contributed by atoms with Gasteiger partial charge < -0.3 is 19.2 Å². The highest BCUT2D eigenvalue weighted by Crippen LogP contribution is 2.50. The summed E-state index contributed by atoms with van der Waals surface area (Å²) >= 11 is 0. The molecule has 3 rings (SSSR count). The molecule has 7 heteroatoms. The van der Waals surface area contributed by atoms with Crippen LogP contribution in [0.5, 0.6) is 0 Å². The zero-order chi connectivity index (χ0) is 21.8. The van der Waals surface area contributed by atoms with Crippen LogP contribution in [0.15, 0.2) is 18.2 Å². The summed E-state index contributed by atoms with van der Waals surface area (Å²) in [6.07, 6.45) is 0.107. The molecule has 0 amide bonds. The number of halogens is 2. The van der Waals surface area contributed by atoms with Crippen molar-refractivity contribution in [1.82, 2.24) is 5.32 Å². The predicted molar refractivity (Wildman–Crippen MR) is 112 cm³/mol. The molecule has 5 atom stereocenters. The smallest absolute Gasteiger partial charge is 0.192 e. The van der Waals surface area contributed by atoms with E-state index in [1.54, 1.807) is 6.07 Å². The van der Waals surface area contributed by atoms with Gasteiger partial charge in [-0.2, -0.15) is 0 Å². The molecule has 0 spiro atoms. The number of hydrogen-bond acceptors (Lipinski definition) is 4. The molecule has 0 aromatic heterocycles. The molecule has 1 aliphatic carbocycles. The summed E-state index contributed by atoms with van der Waals surface area (Å²) in [6.45, 7) is 14.7. The van der Waals surface area contributed by atoms with Crippen molar-refractivity contribution in [3.63, 3.8) is 0 Å². The lowest BCUT2D eigenvalue weighted by Gasteiger charge is -2.42. The highest BCUT2D eigenvalue weighted by molar-refractivity contribution is 6.74. The first-order valence-corrected chi connectivity index (χ1v) is 13.3. The molecular formula is C22H35F2NO3Si. The van der Waals surface area contributed by atoms with Gasteiger partial charge in [0.15, 0.2) is 25.7 Å². The second-order valence-electron chi connectivity index (χ2n) is 10.3. The van der Waals surface area contributed by atoms with Gasteiger partial charge in [0.05, 0.1) is 12.2 Å². The van der Waals surface area contributed by atoms with Gasteiger partial charge >= 0.3 is 0 Å². The fourth-order valence-electron chi connectivity index (χ4n) is 4.19. The number of likely N-dealkylation sites (N-methyl/N-ethyl adjacent to an activating group) is 1. The van der Waals surface area contributed by atoms with E-state index in [0.717, 1.165) is 6.42 Å². The van der Waals surface area contributed by atoms with E-state index in [9.17, 15) is 8.78 Å². The molecule has 1 saturated heterocycles. The molecule has 1 heterocycles. The molecule has 1 unspecified atom stereocenters. The summed E-state index contributed by atoms with van der Waals surface area (Å²) in [5.41, 5.74) is 0.655. The van der Waals surface area contributed by atoms with Gasteiger partial charge in [-0.1, -0.05) is 26.8 Å². The standard InChI is InChI=1S/C22H35F2NO3Si/c1-21(2,3)29(7,8)28-18(13-9-10-15(23)16(24)11-13)14-12-17(25-6)20-19(14)26-22(4,5)27-20/h9-11,14,17-20,25H,12H2,1-8H3/t14-,17-,18?,19-,20+/m1/s1. The third kappa shape index (κ3) is 4.44. The molecule has 1 aliphatic heterocycles. The number of ether oxygens (including phenoxy) is 2. The fourth-order valence-corrected chi connectivity index (χ4v) is 5.48. The maximum absolute atomic E-state index is 14.1. The van der Waals surface area contributed by atoms with E-state index < -0.39 is 31.8 Å². The average Bonchev–Trinajstić information content (AvgIpc) is 3.07. The molecule has 2 fully saturated rings. The third-order valence-corrected chi connectivity index (χ3v) is 11.2. The van der Waals surface area contributed by atoms with Crippen LogP contribution in [0.4, 0.5) is 8.78 Å². The Labute approximate surface area is 174 Å². The second-order valence-corrected chi connectivity index (χ2v) is 15.1. The molecule has 4 nitrogen and oxygen atoms in total. The molecule has 0 radical (unpaired) electrons. The second kappa shape index (κ2) is 7.68. The number of fused-ring (bicyclic) bond motifs is 1. The maximum atomic E-state index is 14.1. The third-order valence-electron chi connectivity index (χ3n) is 6.77. The van der Waals surface area contributed by atoms with Crippen molar-refractivity contribution in [2.24, 2.45) is 5.92 Å². The van der Waals surface area contributed by atoms with E-state index in [4.69, 9.17) is 13.9 Å². The first kappa shape index (κ1) is 22.8. The van der Waals surface area contributed by atoms with Gasteiger partial charge in [0.25, 0.3) is 0 Å². The number of nitrogens with one attached hydrogen (secondary N) is 1. The summed E-state index contributed by atoms with van der Waals surface area (Å²) in [7, 11) is -0.277. The van der Waals surface area contributed by atoms with E-state index in [-0.39, 0.29) is 29.2 Å². The molecule has 1 aromatic rings. The normalized spacial score (nSPS) is 30.4. The van der Waals surface area contributed by atoms with Crippen LogP contribution in [0.3, 0.4) is 0 Å². The summed E-state index contributed by atoms with van der Waals surface area (Å²) in [5, 5.41) is 3.32. The minimum Gasteiger partial charge on any atom is -0.410 e. The van der Waals surface area contributed by atoms with Gasteiger partial charge in [-0.15, -0.1) is 0 Å². The lowest BCUT2D eigenvalue weighted by molar-refractivity contribution is -0.162. The quantitative estimate of drug-likeness (QED) is 0.659. The van der Waals surface area contributed by atoms with Crippen LogP contribution in [0.25, 0.3) is 0 Å². The largest absolute Gasteiger partial charge is 0.410 e. The molecule has 1 aromatic carbocycles. The van der Waals surface area contributed by atoms with Crippen LogP contribution in [0.1, 0.15) is 52.7 Å². The monoisotopic (exact) mass is 427 g/mol. The van der Waals surface area contributed by atoms with Crippen LogP contribution in [-0.4, -0.2) is 39.4 Å². The van der Waals surface area contributed by atoms with E-state index in [1.165, 1.54) is 12.1 Å². The Morgan fingerprint density at radius 3 is 2.31 bits per heavy atom. The summed E-state index contributed by atoms with van der Waals surface area (Å²) in [5.74, 6) is -2.41. The van der Waals surface area contributed by atoms with Crippen molar-refractivity contribution < 1.29 is 22.7 Å². The van der Waals surface area contributed by atoms with Crippen molar-refractivity contribution in [2.75, 3.05) is 7.05 Å². The van der Waals surface area contributed by atoms with E-state index in [1.807, 2.05) is 20.9 Å². The lowest BCUT2D eigenvalue weighted by Crippen LogP contribution is -2.44. The maximum Gasteiger partial charge on any atom is 0.192 e. The zero-order valence-corrected chi connectivity index (χ0v) is 19.8. The SMILES string of the molecule is CN[C@@H]1C[C@H](C(O[Si](C)(C)C(C)(C)C)c2ccc(F)c(F)c2)[C@H]2OC(C)(C)O[C@H]21. The molecule has 2 aliphatic rings. The highest BCUT2D eigenvalue weighted by Gasteiger charge is 2.56. The Morgan fingerprint density at radius 2 is 1.76 bits per heavy atom. The van der Waals surface area contributed by atoms with Gasteiger partial charge in [-0.3, -0.25) is 0 Å². The molecular weight excluding hydrogens is 392 g/mol. The van der Waals surface area contributed by atoms with Crippen molar-refractivity contribution in [2.45, 2.75) is 89.3 Å². The van der Waals surface area contributed by atoms with Gasteiger partial charge in [0.1, 0.15) is 6.10 Å². The minimum atomic E-state index is -2.19. The van der Waals surface area contributed by atoms with Gasteiger partial charge in [0.2, 0.25) is 0 Å². The lowest BCUT2D eigenvalue weighted by atomic mass is 9.92. The fraction of sp³-hybridized carbons (Fsp3) is 0.727. The van der Waals surface area contributed by atoms with E-state index in [0.29, 0.717) is 5.56 Å². The van der Waals surface area contributed by atoms with E-state index >= 15 is 0 Å². The van der Waals surface area contributed by atoms with Gasteiger partial charge in [0, 0.05) is 12.0 Å². The Balaban J connectivity index is 2.02. The topological polar surface area (TPSA) is 39.7 Å². The molecule has 1 saturated carbocycles. The number of hydrogen-bond donors (Lipinski definition) is 1. The predicted octanol–water partition coefficient (Wildman–Crippen LogP) is 5.16. The number of rotatable bonds is 5. The molecule has 164 valence electrons. The van der Waals surface area contributed by atoms with Crippen molar-refractivity contribution in [3.05, 3.63) is 35.4 Å². The Bertz CT molecular complexity index is 750. The molecule has 0 bridgehead atoms. The Hall–Kier alpha value is -0.863. The first-order chi connectivity index (χ1) is 13.3. The van der Waals surface area contributed by atoms with E-state index in [2.05, 4.69) is 39.2 Å². The van der Waals surface area contributed by atoms with Crippen molar-refractivity contribution in [3.8, 4) is 0 Å². The van der Waals surface area contributed by atoms with Gasteiger partial charge in [-0.25, -0.2) is 8.78 Å². The highest BCUT2D eigenvalue weighted by atomic mass is 28.4. The first-order valence-electron chi connectivity index (χ1n) is 10.4. The van der Waals surface area contributed by atoms with Crippen molar-refractivity contribution in [1.29, 1.82) is 0 Å². The minimum absolute atomic E-state index is 0.0173. The Kier molecular flexibility index (Phi) is 6.04. The van der Waals surface area contributed by atoms with Gasteiger partial charge in [-0.05, 0) is 63.1 Å². The van der Waals surface area contributed by atoms with Crippen LogP contribution >= 0.6 is 0 Å². The molecule has 1 N–H and O–H groups in total. The van der Waals surface area contributed by atoms with Crippen LogP contribution < -0.4 is 5.32 Å². The Morgan fingerprint density at radius 1 is 1.14 bits per heavy atom.